The summed E-state index contributed by atoms with van der Waals surface area (Å²) in [4.78, 5) is 11.6. The van der Waals surface area contributed by atoms with Crippen molar-refractivity contribution in [1.82, 2.24) is 0 Å². The van der Waals surface area contributed by atoms with Crippen LogP contribution < -0.4 is 0 Å². The van der Waals surface area contributed by atoms with Gasteiger partial charge in [0.15, 0.2) is 16.6 Å². The monoisotopic (exact) mass is 374 g/mol. The molecule has 3 nitrogen and oxygen atoms in total. The lowest BCUT2D eigenvalue weighted by Crippen LogP contribution is -2.49. The second-order valence-electron chi connectivity index (χ2n) is 10.7. The van der Waals surface area contributed by atoms with Crippen molar-refractivity contribution in [3.8, 4) is 0 Å². The average Bonchev–Trinajstić information content (AvgIpc) is 2.34. The Hall–Kier alpha value is 0.0238. The van der Waals surface area contributed by atoms with Crippen LogP contribution in [-0.4, -0.2) is 35.6 Å². The van der Waals surface area contributed by atoms with Gasteiger partial charge in [-0.3, -0.25) is 0 Å². The van der Waals surface area contributed by atoms with E-state index >= 15 is 0 Å². The first kappa shape index (κ1) is 24.0. The van der Waals surface area contributed by atoms with Crippen molar-refractivity contribution in [2.45, 2.75) is 104 Å². The fraction of sp³-hybridized carbons (Fsp3) is 0.947. The molecule has 0 N–H and O–H groups in total. The maximum Gasteiger partial charge on any atom is 0.192 e. The minimum Gasteiger partial charge on any atom is -0.417 e. The summed E-state index contributed by atoms with van der Waals surface area (Å²) in [6.45, 7) is 27.1. The second-order valence-corrected chi connectivity index (χ2v) is 20.3. The van der Waals surface area contributed by atoms with Gasteiger partial charge in [0.05, 0.1) is 6.10 Å². The van der Waals surface area contributed by atoms with Crippen LogP contribution in [0, 0.1) is 5.41 Å². The normalized spacial score (nSPS) is 16.2. The molecule has 0 heterocycles. The zero-order chi connectivity index (χ0) is 19.6. The van der Waals surface area contributed by atoms with Crippen molar-refractivity contribution in [2.75, 3.05) is 6.61 Å². The summed E-state index contributed by atoms with van der Waals surface area (Å²) in [6.07, 6.45) is 1.71. The van der Waals surface area contributed by atoms with E-state index in [1.54, 1.807) is 0 Å². The maximum absolute atomic E-state index is 11.6. The summed E-state index contributed by atoms with van der Waals surface area (Å²) in [6, 6.07) is 0. The molecule has 0 rings (SSSR count). The summed E-state index contributed by atoms with van der Waals surface area (Å²) in [5.74, 6) is 0. The van der Waals surface area contributed by atoms with Gasteiger partial charge in [-0.15, -0.1) is 0 Å². The third-order valence-electron chi connectivity index (χ3n) is 6.03. The molecule has 0 aliphatic carbocycles. The van der Waals surface area contributed by atoms with Gasteiger partial charge >= 0.3 is 0 Å². The SMILES string of the molecule is CC(C)(C=O)C(CCO[Si](C)(C)C(C)(C)C)O[Si](C)(C)C(C)(C)C. The Morgan fingerprint density at radius 3 is 1.58 bits per heavy atom. The summed E-state index contributed by atoms with van der Waals surface area (Å²) >= 11 is 0. The number of hydrogen-bond donors (Lipinski definition) is 0. The molecule has 24 heavy (non-hydrogen) atoms. The van der Waals surface area contributed by atoms with Crippen molar-refractivity contribution >= 4 is 22.9 Å². The van der Waals surface area contributed by atoms with E-state index in [0.717, 1.165) is 12.7 Å². The number of carbonyl (C=O) groups is 1. The smallest absolute Gasteiger partial charge is 0.192 e. The minimum absolute atomic E-state index is 0.0966. The van der Waals surface area contributed by atoms with Gasteiger partial charge < -0.3 is 13.6 Å². The largest absolute Gasteiger partial charge is 0.417 e. The molecule has 0 bridgehead atoms. The van der Waals surface area contributed by atoms with E-state index in [1.807, 2.05) is 13.8 Å². The molecular formula is C19H42O3Si2. The number of hydrogen-bond acceptors (Lipinski definition) is 3. The molecule has 0 saturated heterocycles. The number of carbonyl (C=O) groups excluding carboxylic acids is 1. The van der Waals surface area contributed by atoms with Crippen LogP contribution in [0.4, 0.5) is 0 Å². The van der Waals surface area contributed by atoms with Gasteiger partial charge in [-0.05, 0) is 42.7 Å². The van der Waals surface area contributed by atoms with Gasteiger partial charge in [-0.1, -0.05) is 55.4 Å². The van der Waals surface area contributed by atoms with Crippen LogP contribution in [0.15, 0.2) is 0 Å². The Labute approximate surface area is 153 Å². The van der Waals surface area contributed by atoms with E-state index in [4.69, 9.17) is 8.85 Å². The molecule has 0 aliphatic heterocycles. The van der Waals surface area contributed by atoms with E-state index in [1.165, 1.54) is 0 Å². The van der Waals surface area contributed by atoms with Crippen LogP contribution in [-0.2, 0) is 13.6 Å². The van der Waals surface area contributed by atoms with E-state index < -0.39 is 22.0 Å². The Bertz CT molecular complexity index is 415. The van der Waals surface area contributed by atoms with Gasteiger partial charge in [0.1, 0.15) is 6.29 Å². The van der Waals surface area contributed by atoms with Gasteiger partial charge in [-0.2, -0.15) is 0 Å². The van der Waals surface area contributed by atoms with Crippen LogP contribution in [0.25, 0.3) is 0 Å². The number of rotatable bonds is 8. The third-order valence-corrected chi connectivity index (χ3v) is 15.1. The van der Waals surface area contributed by atoms with Crippen LogP contribution in [0.1, 0.15) is 61.8 Å². The van der Waals surface area contributed by atoms with Gasteiger partial charge in [-0.25, -0.2) is 0 Å². The molecule has 1 unspecified atom stereocenters. The van der Waals surface area contributed by atoms with Crippen LogP contribution >= 0.6 is 0 Å². The molecule has 0 radical (unpaired) electrons. The lowest BCUT2D eigenvalue weighted by atomic mass is 9.87. The second kappa shape index (κ2) is 7.72. The molecule has 0 fully saturated rings. The van der Waals surface area contributed by atoms with Crippen LogP contribution in [0.5, 0.6) is 0 Å². The summed E-state index contributed by atoms with van der Waals surface area (Å²) in [5.41, 5.74) is -0.494. The highest BCUT2D eigenvalue weighted by Gasteiger charge is 2.43. The topological polar surface area (TPSA) is 35.5 Å². The summed E-state index contributed by atoms with van der Waals surface area (Å²) in [7, 11) is -3.70. The molecule has 0 aromatic heterocycles. The molecule has 0 aliphatic rings. The Kier molecular flexibility index (Phi) is 7.73. The fourth-order valence-corrected chi connectivity index (χ4v) is 4.38. The molecular weight excluding hydrogens is 332 g/mol. The molecule has 0 spiro atoms. The Morgan fingerprint density at radius 1 is 0.833 bits per heavy atom. The highest BCUT2D eigenvalue weighted by molar-refractivity contribution is 6.74. The molecule has 1 atom stereocenters. The fourth-order valence-electron chi connectivity index (χ4n) is 1.83. The van der Waals surface area contributed by atoms with Crippen molar-refractivity contribution in [3.05, 3.63) is 0 Å². The lowest BCUT2D eigenvalue weighted by molar-refractivity contribution is -0.119. The van der Waals surface area contributed by atoms with E-state index in [2.05, 4.69) is 67.7 Å². The van der Waals surface area contributed by atoms with Crippen LogP contribution in [0.2, 0.25) is 36.3 Å². The predicted octanol–water partition coefficient (Wildman–Crippen LogP) is 6.01. The molecule has 0 amide bonds. The number of aldehydes is 1. The van der Waals surface area contributed by atoms with E-state index in [-0.39, 0.29) is 16.2 Å². The van der Waals surface area contributed by atoms with E-state index in [9.17, 15) is 4.79 Å². The maximum atomic E-state index is 11.6. The first-order valence-electron chi connectivity index (χ1n) is 9.15. The lowest BCUT2D eigenvalue weighted by Gasteiger charge is -2.43. The molecule has 5 heteroatoms. The minimum atomic E-state index is -1.93. The first-order valence-corrected chi connectivity index (χ1v) is 15.0. The van der Waals surface area contributed by atoms with Gasteiger partial charge in [0.25, 0.3) is 0 Å². The third kappa shape index (κ3) is 6.39. The van der Waals surface area contributed by atoms with Crippen molar-refractivity contribution in [1.29, 1.82) is 0 Å². The molecule has 0 aromatic carbocycles. The zero-order valence-electron chi connectivity index (χ0n) is 18.3. The first-order chi connectivity index (χ1) is 10.4. The Morgan fingerprint density at radius 2 is 1.25 bits per heavy atom. The van der Waals surface area contributed by atoms with Gasteiger partial charge in [0.2, 0.25) is 0 Å². The van der Waals surface area contributed by atoms with Crippen molar-refractivity contribution < 1.29 is 13.6 Å². The quantitative estimate of drug-likeness (QED) is 0.385. The molecule has 144 valence electrons. The molecule has 0 saturated carbocycles. The highest BCUT2D eigenvalue weighted by atomic mass is 28.4. The van der Waals surface area contributed by atoms with Crippen molar-refractivity contribution in [3.63, 3.8) is 0 Å². The van der Waals surface area contributed by atoms with Gasteiger partial charge in [0, 0.05) is 12.0 Å². The summed E-state index contributed by atoms with van der Waals surface area (Å²) < 4.78 is 12.9. The van der Waals surface area contributed by atoms with Crippen molar-refractivity contribution in [2.24, 2.45) is 5.41 Å². The summed E-state index contributed by atoms with van der Waals surface area (Å²) in [5, 5.41) is 0.327. The zero-order valence-corrected chi connectivity index (χ0v) is 20.3. The van der Waals surface area contributed by atoms with E-state index in [0.29, 0.717) is 6.61 Å². The highest BCUT2D eigenvalue weighted by Crippen LogP contribution is 2.41. The van der Waals surface area contributed by atoms with Crippen LogP contribution in [0.3, 0.4) is 0 Å². The Balaban J connectivity index is 5.12. The average molecular weight is 375 g/mol. The standard InChI is InChI=1S/C19H42O3Si2/c1-17(2,3)23(9,10)21-14-13-16(19(7,8)15-20)22-24(11,12)18(4,5)6/h15-16H,13-14H2,1-12H3. The molecule has 0 aromatic rings. The predicted molar refractivity (Wildman–Crippen MR) is 110 cm³/mol.